The zero-order chi connectivity index (χ0) is 10.2. The van der Waals surface area contributed by atoms with Gasteiger partial charge in [-0.05, 0) is 18.2 Å². The molecule has 1 radical (unpaired) electrons. The van der Waals surface area contributed by atoms with E-state index >= 15 is 0 Å². The van der Waals surface area contributed by atoms with Gasteiger partial charge in [0.25, 0.3) is 0 Å². The minimum Gasteiger partial charge on any atom is -0.493 e. The molecule has 0 heterocycles. The van der Waals surface area contributed by atoms with Crippen LogP contribution in [0.15, 0.2) is 30.4 Å². The van der Waals surface area contributed by atoms with Crippen molar-refractivity contribution in [1.29, 1.82) is 0 Å². The Morgan fingerprint density at radius 3 is 3.00 bits per heavy atom. The maximum atomic E-state index is 5.48. The minimum absolute atomic E-state index is 0.548. The summed E-state index contributed by atoms with van der Waals surface area (Å²) in [5.41, 5.74) is 0. The van der Waals surface area contributed by atoms with Crippen molar-refractivity contribution < 1.29 is 9.47 Å². The molecule has 0 bridgehead atoms. The zero-order valence-electron chi connectivity index (χ0n) is 8.00. The number of halogens is 1. The highest BCUT2D eigenvalue weighted by molar-refractivity contribution is 9.09. The summed E-state index contributed by atoms with van der Waals surface area (Å²) < 4.78 is 10.6. The van der Waals surface area contributed by atoms with E-state index in [0.717, 1.165) is 11.1 Å². The lowest BCUT2D eigenvalue weighted by molar-refractivity contribution is 0.326. The first-order chi connectivity index (χ1) is 6.88. The summed E-state index contributed by atoms with van der Waals surface area (Å²) in [6.07, 6.45) is 3.94. The average molecular weight is 256 g/mol. The fourth-order valence-electron chi connectivity index (χ4n) is 0.949. The van der Waals surface area contributed by atoms with E-state index in [1.165, 1.54) is 0 Å². The summed E-state index contributed by atoms with van der Waals surface area (Å²) in [7, 11) is 1.62. The number of benzene rings is 1. The van der Waals surface area contributed by atoms with E-state index in [-0.39, 0.29) is 0 Å². The van der Waals surface area contributed by atoms with E-state index in [2.05, 4.69) is 22.0 Å². The Kier molecular flexibility index (Phi) is 5.15. The molecule has 0 unspecified atom stereocenters. The lowest BCUT2D eigenvalue weighted by atomic mass is 10.3. The lowest BCUT2D eigenvalue weighted by Crippen LogP contribution is -1.96. The van der Waals surface area contributed by atoms with Gasteiger partial charge in [0, 0.05) is 5.33 Å². The molecule has 1 aromatic carbocycles. The van der Waals surface area contributed by atoms with E-state index in [1.807, 2.05) is 18.2 Å². The molecule has 14 heavy (non-hydrogen) atoms. The molecular weight excluding hydrogens is 244 g/mol. The third kappa shape index (κ3) is 3.42. The number of rotatable bonds is 5. The molecule has 0 atom stereocenters. The monoisotopic (exact) mass is 255 g/mol. The largest absolute Gasteiger partial charge is 0.493 e. The van der Waals surface area contributed by atoms with Crippen molar-refractivity contribution in [2.75, 3.05) is 19.0 Å². The van der Waals surface area contributed by atoms with E-state index in [0.29, 0.717) is 12.4 Å². The number of hydrogen-bond acceptors (Lipinski definition) is 2. The Balaban J connectivity index is 2.53. The van der Waals surface area contributed by atoms with Crippen LogP contribution in [0, 0.1) is 6.07 Å². The van der Waals surface area contributed by atoms with Gasteiger partial charge in [0.2, 0.25) is 0 Å². The molecule has 0 aromatic heterocycles. The SMILES string of the molecule is COc1c[c]ccc1OC/C=C/CBr. The molecule has 0 saturated carbocycles. The topological polar surface area (TPSA) is 18.5 Å². The molecule has 0 aliphatic heterocycles. The van der Waals surface area contributed by atoms with Gasteiger partial charge in [-0.25, -0.2) is 0 Å². The summed E-state index contributed by atoms with van der Waals surface area (Å²) in [6.45, 7) is 0.548. The predicted molar refractivity (Wildman–Crippen MR) is 60.3 cm³/mol. The summed E-state index contributed by atoms with van der Waals surface area (Å²) in [5, 5.41) is 0.843. The minimum atomic E-state index is 0.548. The molecule has 1 rings (SSSR count). The fraction of sp³-hybridized carbons (Fsp3) is 0.273. The van der Waals surface area contributed by atoms with E-state index in [1.54, 1.807) is 19.2 Å². The van der Waals surface area contributed by atoms with Gasteiger partial charge in [0.1, 0.15) is 6.61 Å². The second-order valence-electron chi connectivity index (χ2n) is 2.51. The summed E-state index contributed by atoms with van der Waals surface area (Å²) >= 11 is 3.29. The molecule has 0 fully saturated rings. The van der Waals surface area contributed by atoms with Gasteiger partial charge in [-0.2, -0.15) is 0 Å². The first-order valence-corrected chi connectivity index (χ1v) is 5.38. The third-order valence-electron chi connectivity index (χ3n) is 1.60. The number of allylic oxidation sites excluding steroid dienone is 1. The standard InChI is InChI=1S/C11H12BrO2/c1-13-10-6-2-3-7-11(10)14-9-5-4-8-12/h3-7H,8-9H2,1H3/b5-4+. The number of alkyl halides is 1. The van der Waals surface area contributed by atoms with E-state index < -0.39 is 0 Å². The average Bonchev–Trinajstić information content (AvgIpc) is 2.25. The Morgan fingerprint density at radius 1 is 1.43 bits per heavy atom. The van der Waals surface area contributed by atoms with Gasteiger partial charge in [-0.3, -0.25) is 0 Å². The Hall–Kier alpha value is -0.960. The maximum absolute atomic E-state index is 5.48. The summed E-state index contributed by atoms with van der Waals surface area (Å²) in [6, 6.07) is 8.31. The van der Waals surface area contributed by atoms with Crippen molar-refractivity contribution in [2.45, 2.75) is 0 Å². The summed E-state index contributed by atoms with van der Waals surface area (Å²) in [4.78, 5) is 0. The quantitative estimate of drug-likeness (QED) is 0.595. The molecule has 0 N–H and O–H groups in total. The highest BCUT2D eigenvalue weighted by Crippen LogP contribution is 2.25. The molecule has 0 spiro atoms. The first kappa shape index (κ1) is 11.1. The van der Waals surface area contributed by atoms with Crippen molar-refractivity contribution in [3.05, 3.63) is 36.4 Å². The molecule has 0 saturated heterocycles. The lowest BCUT2D eigenvalue weighted by Gasteiger charge is -2.07. The van der Waals surface area contributed by atoms with Crippen LogP contribution in [0.4, 0.5) is 0 Å². The highest BCUT2D eigenvalue weighted by Gasteiger charge is 2.00. The molecular formula is C11H12BrO2. The van der Waals surface area contributed by atoms with Crippen molar-refractivity contribution in [3.63, 3.8) is 0 Å². The van der Waals surface area contributed by atoms with Crippen molar-refractivity contribution >= 4 is 15.9 Å². The molecule has 75 valence electrons. The van der Waals surface area contributed by atoms with Gasteiger partial charge in [0.15, 0.2) is 11.5 Å². The van der Waals surface area contributed by atoms with Crippen molar-refractivity contribution in [3.8, 4) is 11.5 Å². The van der Waals surface area contributed by atoms with Crippen molar-refractivity contribution in [1.82, 2.24) is 0 Å². The number of methoxy groups -OCH3 is 1. The van der Waals surface area contributed by atoms with Crippen LogP contribution in [0.2, 0.25) is 0 Å². The summed E-state index contributed by atoms with van der Waals surface area (Å²) in [5.74, 6) is 1.45. The first-order valence-electron chi connectivity index (χ1n) is 4.26. The molecule has 1 aromatic rings. The zero-order valence-corrected chi connectivity index (χ0v) is 9.58. The molecule has 2 nitrogen and oxygen atoms in total. The van der Waals surface area contributed by atoms with Gasteiger partial charge in [0.05, 0.1) is 7.11 Å². The Bertz CT molecular complexity index is 297. The molecule has 3 heteroatoms. The Morgan fingerprint density at radius 2 is 2.29 bits per heavy atom. The van der Waals surface area contributed by atoms with E-state index in [9.17, 15) is 0 Å². The maximum Gasteiger partial charge on any atom is 0.161 e. The predicted octanol–water partition coefficient (Wildman–Crippen LogP) is 2.83. The van der Waals surface area contributed by atoms with Crippen molar-refractivity contribution in [2.24, 2.45) is 0 Å². The van der Waals surface area contributed by atoms with Crippen LogP contribution in [0.3, 0.4) is 0 Å². The van der Waals surface area contributed by atoms with Crippen LogP contribution in [0.5, 0.6) is 11.5 Å². The van der Waals surface area contributed by atoms with Crippen LogP contribution in [0.25, 0.3) is 0 Å². The second kappa shape index (κ2) is 6.49. The fourth-order valence-corrected chi connectivity index (χ4v) is 1.21. The molecule has 0 aliphatic rings. The number of hydrogen-bond donors (Lipinski definition) is 0. The van der Waals surface area contributed by atoms with Gasteiger partial charge < -0.3 is 9.47 Å². The second-order valence-corrected chi connectivity index (χ2v) is 3.16. The van der Waals surface area contributed by atoms with Crippen LogP contribution in [0.1, 0.15) is 0 Å². The molecule has 0 amide bonds. The highest BCUT2D eigenvalue weighted by atomic mass is 79.9. The van der Waals surface area contributed by atoms with Gasteiger partial charge >= 0.3 is 0 Å². The van der Waals surface area contributed by atoms with Crippen LogP contribution in [-0.2, 0) is 0 Å². The van der Waals surface area contributed by atoms with Crippen LogP contribution < -0.4 is 9.47 Å². The number of ether oxygens (including phenoxy) is 2. The smallest absolute Gasteiger partial charge is 0.161 e. The van der Waals surface area contributed by atoms with Crippen LogP contribution in [-0.4, -0.2) is 19.0 Å². The van der Waals surface area contributed by atoms with E-state index in [4.69, 9.17) is 9.47 Å². The normalized spacial score (nSPS) is 10.4. The van der Waals surface area contributed by atoms with Crippen LogP contribution >= 0.6 is 15.9 Å². The Labute approximate surface area is 92.7 Å². The molecule has 0 aliphatic carbocycles. The van der Waals surface area contributed by atoms with Gasteiger partial charge in [-0.1, -0.05) is 34.1 Å². The third-order valence-corrected chi connectivity index (χ3v) is 1.97. The van der Waals surface area contributed by atoms with Gasteiger partial charge in [-0.15, -0.1) is 0 Å².